The summed E-state index contributed by atoms with van der Waals surface area (Å²) in [4.78, 5) is 24.5. The fourth-order valence-electron chi connectivity index (χ4n) is 2.25. The third-order valence-electron chi connectivity index (χ3n) is 3.38. The van der Waals surface area contributed by atoms with Gasteiger partial charge in [0.2, 0.25) is 5.56 Å². The molecule has 0 radical (unpaired) electrons. The molecule has 2 aromatic heterocycles. The van der Waals surface area contributed by atoms with E-state index in [0.717, 1.165) is 16.3 Å². The van der Waals surface area contributed by atoms with Gasteiger partial charge in [-0.05, 0) is 29.7 Å². The number of benzene rings is 2. The third-order valence-corrected chi connectivity index (χ3v) is 3.38. The molecule has 0 fully saturated rings. The fourth-order valence-corrected chi connectivity index (χ4v) is 2.25. The zero-order chi connectivity index (χ0) is 16.2. The van der Waals surface area contributed by atoms with Crippen LogP contribution in [0.25, 0.3) is 21.8 Å². The van der Waals surface area contributed by atoms with E-state index in [-0.39, 0.29) is 10.3 Å². The summed E-state index contributed by atoms with van der Waals surface area (Å²) in [7, 11) is 0. The van der Waals surface area contributed by atoms with Crippen molar-refractivity contribution >= 4 is 21.8 Å². The Morgan fingerprint density at radius 3 is 2.22 bits per heavy atom. The van der Waals surface area contributed by atoms with Crippen molar-refractivity contribution in [2.75, 3.05) is 0 Å². The van der Waals surface area contributed by atoms with Crippen LogP contribution in [0.3, 0.4) is 0 Å². The van der Waals surface area contributed by atoms with Crippen molar-refractivity contribution in [1.82, 2.24) is 9.77 Å². The van der Waals surface area contributed by atoms with Gasteiger partial charge in [0, 0.05) is 23.0 Å². The predicted molar refractivity (Wildman–Crippen MR) is 89.3 cm³/mol. The van der Waals surface area contributed by atoms with E-state index < -0.39 is 5.56 Å². The number of nitrogens with one attached hydrogen (secondary N) is 1. The minimum absolute atomic E-state index is 0.0521. The molecule has 0 aliphatic carbocycles. The van der Waals surface area contributed by atoms with Crippen LogP contribution in [0.4, 0.5) is 4.48 Å². The molecule has 0 amide bonds. The molecule has 0 unspecified atom stereocenters. The van der Waals surface area contributed by atoms with Crippen molar-refractivity contribution in [2.45, 2.75) is 0 Å². The summed E-state index contributed by atoms with van der Waals surface area (Å²) in [6.45, 7) is 0. The van der Waals surface area contributed by atoms with Gasteiger partial charge in [0.25, 0.3) is 5.56 Å². The third kappa shape index (κ3) is 3.18. The number of H-pyrrole nitrogens is 1. The molecule has 0 aliphatic heterocycles. The van der Waals surface area contributed by atoms with Gasteiger partial charge in [0.1, 0.15) is 0 Å². The lowest BCUT2D eigenvalue weighted by Gasteiger charge is -1.97. The van der Waals surface area contributed by atoms with E-state index in [9.17, 15) is 14.1 Å². The van der Waals surface area contributed by atoms with Crippen molar-refractivity contribution in [3.8, 4) is 0 Å². The lowest BCUT2D eigenvalue weighted by Crippen LogP contribution is -2.11. The molecule has 0 aliphatic rings. The molecule has 2 aromatic carbocycles. The normalized spacial score (nSPS) is 10.3. The van der Waals surface area contributed by atoms with Crippen LogP contribution in [-0.2, 0) is 0 Å². The average Bonchev–Trinajstić information content (AvgIpc) is 2.59. The van der Waals surface area contributed by atoms with E-state index in [1.165, 1.54) is 12.1 Å². The van der Waals surface area contributed by atoms with Crippen LogP contribution in [0.1, 0.15) is 0 Å². The van der Waals surface area contributed by atoms with Crippen molar-refractivity contribution in [2.24, 2.45) is 0 Å². The van der Waals surface area contributed by atoms with Gasteiger partial charge < -0.3 is 4.98 Å². The number of fused-ring (bicyclic) bond motifs is 2. The zero-order valence-corrected chi connectivity index (χ0v) is 12.1. The van der Waals surface area contributed by atoms with E-state index >= 15 is 0 Å². The quantitative estimate of drug-likeness (QED) is 0.542. The largest absolute Gasteiger partial charge is 0.322 e. The number of aromatic nitrogens is 2. The Balaban J connectivity index is 0.000000136. The van der Waals surface area contributed by atoms with Crippen molar-refractivity contribution in [3.05, 3.63) is 93.5 Å². The predicted octanol–water partition coefficient (Wildman–Crippen LogP) is 3.26. The molecule has 114 valence electrons. The number of pyridine rings is 2. The number of hydrogen-bond donors (Lipinski definition) is 1. The molecule has 0 saturated heterocycles. The Hall–Kier alpha value is -3.21. The van der Waals surface area contributed by atoms with E-state index in [1.54, 1.807) is 30.3 Å². The number of para-hydroxylation sites is 2. The van der Waals surface area contributed by atoms with Gasteiger partial charge in [-0.3, -0.25) is 9.59 Å². The second-order valence-corrected chi connectivity index (χ2v) is 4.92. The molecular formula is C18H13FN2O2. The lowest BCUT2D eigenvalue weighted by molar-refractivity contribution is 0.371. The van der Waals surface area contributed by atoms with Gasteiger partial charge >= 0.3 is 0 Å². The molecule has 0 spiro atoms. The summed E-state index contributed by atoms with van der Waals surface area (Å²) in [5.41, 5.74) is 0.516. The first kappa shape index (κ1) is 14.7. The number of nitrogens with zero attached hydrogens (tertiary/aromatic N) is 1. The standard InChI is InChI=1S/C9H6FNO.C9H7NO/c10-11-8-4-2-1-3-7(8)5-6-9(11)12;11-9-6-5-7-3-1-2-4-8(7)10-9/h1-6H;1-6H,(H,10,11). The van der Waals surface area contributed by atoms with Gasteiger partial charge in [0.05, 0.1) is 5.52 Å². The highest BCUT2D eigenvalue weighted by atomic mass is 19.2. The Bertz CT molecular complexity index is 1080. The van der Waals surface area contributed by atoms with Crippen molar-refractivity contribution < 1.29 is 4.48 Å². The highest BCUT2D eigenvalue weighted by Gasteiger charge is 1.98. The number of hydrogen-bond acceptors (Lipinski definition) is 2. The molecule has 0 saturated carbocycles. The average molecular weight is 308 g/mol. The summed E-state index contributed by atoms with van der Waals surface area (Å²) in [6, 6.07) is 20.7. The van der Waals surface area contributed by atoms with E-state index in [4.69, 9.17) is 0 Å². The molecule has 2 heterocycles. The van der Waals surface area contributed by atoms with Crippen molar-refractivity contribution in [3.63, 3.8) is 0 Å². The number of aromatic amines is 1. The van der Waals surface area contributed by atoms with E-state index in [1.807, 2.05) is 30.3 Å². The minimum atomic E-state index is -0.631. The highest BCUT2D eigenvalue weighted by molar-refractivity contribution is 5.78. The molecule has 0 bridgehead atoms. The topological polar surface area (TPSA) is 54.9 Å². The Morgan fingerprint density at radius 2 is 1.39 bits per heavy atom. The first-order chi connectivity index (χ1) is 11.1. The van der Waals surface area contributed by atoms with Gasteiger partial charge in [-0.15, -0.1) is 4.79 Å². The van der Waals surface area contributed by atoms with Crippen LogP contribution in [0.15, 0.2) is 82.4 Å². The zero-order valence-electron chi connectivity index (χ0n) is 12.1. The second kappa shape index (κ2) is 6.27. The molecule has 5 heteroatoms. The van der Waals surface area contributed by atoms with Crippen LogP contribution in [0, 0.1) is 0 Å². The molecule has 4 aromatic rings. The van der Waals surface area contributed by atoms with Gasteiger partial charge in [-0.1, -0.05) is 40.9 Å². The molecule has 4 rings (SSSR count). The summed E-state index contributed by atoms with van der Waals surface area (Å²) < 4.78 is 13.0. The van der Waals surface area contributed by atoms with Crippen LogP contribution >= 0.6 is 0 Å². The van der Waals surface area contributed by atoms with Crippen LogP contribution < -0.4 is 11.1 Å². The van der Waals surface area contributed by atoms with Crippen LogP contribution in [0.5, 0.6) is 0 Å². The smallest absolute Gasteiger partial charge is 0.279 e. The van der Waals surface area contributed by atoms with Crippen LogP contribution in [-0.4, -0.2) is 9.77 Å². The van der Waals surface area contributed by atoms with Crippen molar-refractivity contribution in [1.29, 1.82) is 0 Å². The fraction of sp³-hybridized carbons (Fsp3) is 0. The van der Waals surface area contributed by atoms with E-state index in [2.05, 4.69) is 4.98 Å². The first-order valence-electron chi connectivity index (χ1n) is 7.00. The summed E-state index contributed by atoms with van der Waals surface area (Å²) in [5.74, 6) is 0. The van der Waals surface area contributed by atoms with Crippen LogP contribution in [0.2, 0.25) is 0 Å². The van der Waals surface area contributed by atoms with Gasteiger partial charge in [-0.2, -0.15) is 0 Å². The number of halogens is 1. The maximum atomic E-state index is 13.0. The monoisotopic (exact) mass is 308 g/mol. The molecule has 1 N–H and O–H groups in total. The summed E-state index contributed by atoms with van der Waals surface area (Å²) in [6.07, 6.45) is 0. The summed E-state index contributed by atoms with van der Waals surface area (Å²) in [5, 5.41) is 1.78. The Kier molecular flexibility index (Phi) is 4.01. The van der Waals surface area contributed by atoms with Gasteiger partial charge in [0.15, 0.2) is 0 Å². The summed E-state index contributed by atoms with van der Waals surface area (Å²) >= 11 is 0. The lowest BCUT2D eigenvalue weighted by atomic mass is 10.2. The first-order valence-corrected chi connectivity index (χ1v) is 7.00. The maximum Gasteiger partial charge on any atom is 0.279 e. The molecular weight excluding hydrogens is 295 g/mol. The highest BCUT2D eigenvalue weighted by Crippen LogP contribution is 2.10. The number of rotatable bonds is 0. The SMILES string of the molecule is O=c1ccc2ccccc2[nH]1.O=c1ccc2ccccc2n1F. The Morgan fingerprint density at radius 1 is 0.739 bits per heavy atom. The van der Waals surface area contributed by atoms with E-state index in [0.29, 0.717) is 5.52 Å². The Labute approximate surface area is 130 Å². The molecule has 0 atom stereocenters. The second-order valence-electron chi connectivity index (χ2n) is 4.92. The molecule has 4 nitrogen and oxygen atoms in total. The molecule has 23 heavy (non-hydrogen) atoms. The van der Waals surface area contributed by atoms with Gasteiger partial charge in [-0.25, -0.2) is 0 Å². The maximum absolute atomic E-state index is 13.0. The minimum Gasteiger partial charge on any atom is -0.322 e.